The van der Waals surface area contributed by atoms with Gasteiger partial charge in [-0.2, -0.15) is 0 Å². The monoisotopic (exact) mass is 403 g/mol. The van der Waals surface area contributed by atoms with Crippen molar-refractivity contribution in [2.45, 2.75) is 13.8 Å². The van der Waals surface area contributed by atoms with Crippen molar-refractivity contribution in [2.75, 3.05) is 36.8 Å². The molecular weight excluding hydrogens is 378 g/mol. The van der Waals surface area contributed by atoms with Crippen molar-refractivity contribution in [1.29, 1.82) is 0 Å². The van der Waals surface area contributed by atoms with Crippen LogP contribution in [0.3, 0.4) is 0 Å². The summed E-state index contributed by atoms with van der Waals surface area (Å²) in [5.74, 6) is -0.0246. The van der Waals surface area contributed by atoms with Crippen LogP contribution in [0.2, 0.25) is 0 Å². The van der Waals surface area contributed by atoms with Crippen LogP contribution >= 0.6 is 0 Å². The van der Waals surface area contributed by atoms with E-state index in [1.807, 2.05) is 42.2 Å². The minimum Gasteiger partial charge on any atom is -0.451 e. The molecule has 1 amide bonds. The fraction of sp³-hybridized carbons (Fsp3) is 0.250. The van der Waals surface area contributed by atoms with Gasteiger partial charge in [-0.05, 0) is 42.3 Å². The van der Waals surface area contributed by atoms with Gasteiger partial charge in [-0.15, -0.1) is 0 Å². The molecular formula is C24H25N3O3. The molecule has 0 radical (unpaired) electrons. The third-order valence-corrected chi connectivity index (χ3v) is 5.55. The minimum atomic E-state index is -0.206. The number of para-hydroxylation sites is 1. The molecule has 1 aliphatic heterocycles. The second kappa shape index (κ2) is 8.06. The van der Waals surface area contributed by atoms with E-state index in [0.29, 0.717) is 29.7 Å². The summed E-state index contributed by atoms with van der Waals surface area (Å²) in [5, 5.41) is 0.689. The number of hydrogen-bond acceptors (Lipinski definition) is 5. The van der Waals surface area contributed by atoms with Crippen molar-refractivity contribution in [2.24, 2.45) is 0 Å². The number of nitrogen functional groups attached to an aromatic ring is 1. The van der Waals surface area contributed by atoms with Gasteiger partial charge in [-0.1, -0.05) is 24.3 Å². The van der Waals surface area contributed by atoms with Crippen LogP contribution in [0.15, 0.2) is 59.0 Å². The standard InChI is InChI=1S/C24H25N3O3/c1-16(18-8-9-21-20(15-18)23(25)24(30-21)17(2)28)14-22(29)27-12-10-26(11-13-27)19-6-4-3-5-7-19/h3-9,14-15H,10-13,25H2,1-2H3. The van der Waals surface area contributed by atoms with Crippen molar-refractivity contribution in [3.05, 3.63) is 65.9 Å². The molecule has 1 fully saturated rings. The lowest BCUT2D eigenvalue weighted by Crippen LogP contribution is -2.48. The van der Waals surface area contributed by atoms with Gasteiger partial charge < -0.3 is 20.0 Å². The fourth-order valence-corrected chi connectivity index (χ4v) is 3.81. The van der Waals surface area contributed by atoms with Crippen LogP contribution in [0.5, 0.6) is 0 Å². The van der Waals surface area contributed by atoms with E-state index in [1.54, 1.807) is 12.1 Å². The average Bonchev–Trinajstić information content (AvgIpc) is 3.10. The van der Waals surface area contributed by atoms with E-state index in [0.717, 1.165) is 24.2 Å². The number of ketones is 1. The number of piperazine rings is 1. The Morgan fingerprint density at radius 2 is 1.70 bits per heavy atom. The second-order valence-electron chi connectivity index (χ2n) is 7.59. The largest absolute Gasteiger partial charge is 0.451 e. The third kappa shape index (κ3) is 3.81. The summed E-state index contributed by atoms with van der Waals surface area (Å²) >= 11 is 0. The average molecular weight is 403 g/mol. The van der Waals surface area contributed by atoms with Crippen LogP contribution in [-0.2, 0) is 4.79 Å². The fourth-order valence-electron chi connectivity index (χ4n) is 3.81. The van der Waals surface area contributed by atoms with E-state index in [2.05, 4.69) is 17.0 Å². The summed E-state index contributed by atoms with van der Waals surface area (Å²) in [6.45, 7) is 6.33. The van der Waals surface area contributed by atoms with E-state index in [4.69, 9.17) is 10.2 Å². The van der Waals surface area contributed by atoms with E-state index < -0.39 is 0 Å². The number of anilines is 2. The Bertz CT molecular complexity index is 1120. The third-order valence-electron chi connectivity index (χ3n) is 5.55. The lowest BCUT2D eigenvalue weighted by molar-refractivity contribution is -0.126. The molecule has 0 unspecified atom stereocenters. The number of benzene rings is 2. The predicted molar refractivity (Wildman–Crippen MR) is 120 cm³/mol. The first-order chi connectivity index (χ1) is 14.4. The molecule has 0 aliphatic carbocycles. The Labute approximate surface area is 175 Å². The highest BCUT2D eigenvalue weighted by atomic mass is 16.3. The van der Waals surface area contributed by atoms with Crippen molar-refractivity contribution in [3.8, 4) is 0 Å². The van der Waals surface area contributed by atoms with E-state index in [-0.39, 0.29) is 17.5 Å². The first kappa shape index (κ1) is 19.8. The molecule has 1 saturated heterocycles. The Morgan fingerprint density at radius 3 is 2.37 bits per heavy atom. The van der Waals surface area contributed by atoms with Gasteiger partial charge in [0.15, 0.2) is 11.5 Å². The highest BCUT2D eigenvalue weighted by Gasteiger charge is 2.20. The van der Waals surface area contributed by atoms with Crippen molar-refractivity contribution < 1.29 is 14.0 Å². The normalized spacial score (nSPS) is 14.9. The number of fused-ring (bicyclic) bond motifs is 1. The van der Waals surface area contributed by atoms with E-state index >= 15 is 0 Å². The number of rotatable bonds is 4. The molecule has 1 aliphatic rings. The van der Waals surface area contributed by atoms with Crippen LogP contribution < -0.4 is 10.6 Å². The Kier molecular flexibility index (Phi) is 5.31. The SMILES string of the molecule is CC(=O)c1oc2ccc(C(C)=CC(=O)N3CCN(c4ccccc4)CC3)cc2c1N. The number of nitrogens with zero attached hydrogens (tertiary/aromatic N) is 2. The topological polar surface area (TPSA) is 79.8 Å². The van der Waals surface area contributed by atoms with Gasteiger partial charge in [-0.3, -0.25) is 9.59 Å². The van der Waals surface area contributed by atoms with Gasteiger partial charge in [0, 0.05) is 50.3 Å². The van der Waals surface area contributed by atoms with Gasteiger partial charge in [0.2, 0.25) is 5.91 Å². The summed E-state index contributed by atoms with van der Waals surface area (Å²) in [6, 6.07) is 15.8. The number of carbonyl (C=O) groups is 2. The number of nitrogens with two attached hydrogens (primary N) is 1. The van der Waals surface area contributed by atoms with Crippen LogP contribution in [-0.4, -0.2) is 42.8 Å². The molecule has 0 bridgehead atoms. The minimum absolute atomic E-state index is 0.00454. The number of amides is 1. The second-order valence-corrected chi connectivity index (χ2v) is 7.59. The first-order valence-corrected chi connectivity index (χ1v) is 10.0. The Balaban J connectivity index is 1.47. The number of furan rings is 1. The predicted octanol–water partition coefficient (Wildman–Crippen LogP) is 3.97. The molecule has 3 aromatic rings. The maximum Gasteiger partial charge on any atom is 0.246 e. The first-order valence-electron chi connectivity index (χ1n) is 10.0. The summed E-state index contributed by atoms with van der Waals surface area (Å²) < 4.78 is 5.54. The molecule has 0 atom stereocenters. The number of Topliss-reactive ketones (excluding diaryl/α,β-unsaturated/α-hetero) is 1. The van der Waals surface area contributed by atoms with Crippen LogP contribution in [0.1, 0.15) is 30.0 Å². The summed E-state index contributed by atoms with van der Waals surface area (Å²) in [7, 11) is 0. The molecule has 6 nitrogen and oxygen atoms in total. The van der Waals surface area contributed by atoms with Crippen molar-refractivity contribution in [3.63, 3.8) is 0 Å². The molecule has 0 spiro atoms. The van der Waals surface area contributed by atoms with Gasteiger partial charge in [0.25, 0.3) is 0 Å². The van der Waals surface area contributed by atoms with Gasteiger partial charge >= 0.3 is 0 Å². The lowest BCUT2D eigenvalue weighted by atomic mass is 10.0. The zero-order chi connectivity index (χ0) is 21.3. The molecule has 6 heteroatoms. The van der Waals surface area contributed by atoms with E-state index in [1.165, 1.54) is 12.6 Å². The van der Waals surface area contributed by atoms with Crippen LogP contribution in [0.25, 0.3) is 16.5 Å². The van der Waals surface area contributed by atoms with Crippen LogP contribution in [0, 0.1) is 0 Å². The zero-order valence-corrected chi connectivity index (χ0v) is 17.2. The summed E-state index contributed by atoms with van der Waals surface area (Å²) in [5.41, 5.74) is 9.89. The van der Waals surface area contributed by atoms with E-state index in [9.17, 15) is 9.59 Å². The maximum absolute atomic E-state index is 12.8. The number of carbonyl (C=O) groups excluding carboxylic acids is 2. The van der Waals surface area contributed by atoms with Gasteiger partial charge in [0.1, 0.15) is 5.58 Å². The quantitative estimate of drug-likeness (QED) is 0.527. The number of allylic oxidation sites excluding steroid dienone is 1. The van der Waals surface area contributed by atoms with Crippen molar-refractivity contribution in [1.82, 2.24) is 4.90 Å². The molecule has 2 aromatic carbocycles. The van der Waals surface area contributed by atoms with Crippen molar-refractivity contribution >= 4 is 39.6 Å². The molecule has 30 heavy (non-hydrogen) atoms. The highest BCUT2D eigenvalue weighted by Crippen LogP contribution is 2.31. The molecule has 1 aromatic heterocycles. The Morgan fingerprint density at radius 1 is 1.00 bits per heavy atom. The smallest absolute Gasteiger partial charge is 0.246 e. The van der Waals surface area contributed by atoms with Gasteiger partial charge in [-0.25, -0.2) is 0 Å². The Hall–Kier alpha value is -3.54. The highest BCUT2D eigenvalue weighted by molar-refractivity contribution is 6.06. The molecule has 0 saturated carbocycles. The lowest BCUT2D eigenvalue weighted by Gasteiger charge is -2.35. The molecule has 2 N–H and O–H groups in total. The van der Waals surface area contributed by atoms with Crippen LogP contribution in [0.4, 0.5) is 11.4 Å². The molecule has 4 rings (SSSR count). The maximum atomic E-state index is 12.8. The summed E-state index contributed by atoms with van der Waals surface area (Å²) in [4.78, 5) is 28.6. The zero-order valence-electron chi connectivity index (χ0n) is 17.2. The van der Waals surface area contributed by atoms with Gasteiger partial charge in [0.05, 0.1) is 5.69 Å². The molecule has 2 heterocycles. The summed E-state index contributed by atoms with van der Waals surface area (Å²) in [6.07, 6.45) is 1.67. The molecule has 154 valence electrons. The number of hydrogen-bond donors (Lipinski definition) is 1.